The summed E-state index contributed by atoms with van der Waals surface area (Å²) in [6, 6.07) is 0.836. The Balaban J connectivity index is 2.73. The average Bonchev–Trinajstić information content (AvgIpc) is 2.97. The van der Waals surface area contributed by atoms with Gasteiger partial charge in [0.15, 0.2) is 0 Å². The summed E-state index contributed by atoms with van der Waals surface area (Å²) in [4.78, 5) is 0. The summed E-state index contributed by atoms with van der Waals surface area (Å²) >= 11 is 1.21. The Morgan fingerprint density at radius 2 is 1.74 bits per heavy atom. The lowest BCUT2D eigenvalue weighted by atomic mass is 9.93. The highest BCUT2D eigenvalue weighted by Gasteiger charge is 2.41. The van der Waals surface area contributed by atoms with Crippen LogP contribution >= 0.6 is 11.3 Å². The molecule has 2 rings (SSSR count). The van der Waals surface area contributed by atoms with Gasteiger partial charge in [-0.3, -0.25) is 0 Å². The van der Waals surface area contributed by atoms with Gasteiger partial charge in [-0.1, -0.05) is 0 Å². The van der Waals surface area contributed by atoms with Crippen LogP contribution in [0, 0.1) is 0 Å². The van der Waals surface area contributed by atoms with Gasteiger partial charge in [0.2, 0.25) is 0 Å². The Kier molecular flexibility index (Phi) is 4.63. The summed E-state index contributed by atoms with van der Waals surface area (Å²) in [5.41, 5.74) is 2.78. The molecule has 126 valence electrons. The minimum atomic E-state index is -5.00. The van der Waals surface area contributed by atoms with E-state index in [4.69, 9.17) is 10.5 Å². The summed E-state index contributed by atoms with van der Waals surface area (Å²) in [7, 11) is 0.999. The van der Waals surface area contributed by atoms with Gasteiger partial charge in [-0.05, 0) is 34.5 Å². The molecule has 2 aromatic rings. The van der Waals surface area contributed by atoms with Crippen molar-refractivity contribution in [1.29, 1.82) is 0 Å². The molecule has 0 aliphatic rings. The maximum Gasteiger partial charge on any atom is 0.416 e. The topological polar surface area (TPSA) is 35.2 Å². The molecule has 1 aromatic carbocycles. The van der Waals surface area contributed by atoms with Gasteiger partial charge in [0.05, 0.1) is 24.3 Å². The van der Waals surface area contributed by atoms with E-state index in [0.717, 1.165) is 7.11 Å². The molecular weight excluding hydrogens is 344 g/mol. The first kappa shape index (κ1) is 17.6. The molecule has 0 fully saturated rings. The lowest BCUT2D eigenvalue weighted by Gasteiger charge is -2.22. The van der Waals surface area contributed by atoms with E-state index in [-0.39, 0.29) is 6.07 Å². The smallest absolute Gasteiger partial charge is 0.416 e. The van der Waals surface area contributed by atoms with E-state index in [2.05, 4.69) is 0 Å². The number of thiophene rings is 1. The first-order valence-corrected chi connectivity index (χ1v) is 7.14. The Morgan fingerprint density at radius 1 is 1.09 bits per heavy atom. The van der Waals surface area contributed by atoms with Crippen LogP contribution in [0.25, 0.3) is 0 Å². The molecule has 23 heavy (non-hydrogen) atoms. The van der Waals surface area contributed by atoms with E-state index >= 15 is 0 Å². The van der Waals surface area contributed by atoms with Crippen LogP contribution in [0.2, 0.25) is 0 Å². The SMILES string of the molecule is COc1cc(C(F)(F)F)cc(C(F)(F)F)c1[C@H](N)c1ccsc1. The number of methoxy groups -OCH3 is 1. The second-order valence-corrected chi connectivity index (χ2v) is 5.45. The summed E-state index contributed by atoms with van der Waals surface area (Å²) in [6.45, 7) is 0. The van der Waals surface area contributed by atoms with E-state index < -0.39 is 40.8 Å². The first-order valence-electron chi connectivity index (χ1n) is 6.19. The van der Waals surface area contributed by atoms with Crippen LogP contribution < -0.4 is 10.5 Å². The Morgan fingerprint density at radius 3 is 2.17 bits per heavy atom. The second-order valence-electron chi connectivity index (χ2n) is 4.67. The molecule has 0 amide bonds. The number of nitrogens with two attached hydrogens (primary N) is 1. The molecule has 0 aliphatic heterocycles. The van der Waals surface area contributed by atoms with Crippen LogP contribution in [-0.2, 0) is 12.4 Å². The van der Waals surface area contributed by atoms with Crippen molar-refractivity contribution in [3.63, 3.8) is 0 Å². The molecule has 2 nitrogen and oxygen atoms in total. The van der Waals surface area contributed by atoms with Crippen molar-refractivity contribution in [3.8, 4) is 5.75 Å². The summed E-state index contributed by atoms with van der Waals surface area (Å²) < 4.78 is 83.0. The number of rotatable bonds is 3. The third-order valence-corrected chi connectivity index (χ3v) is 3.91. The monoisotopic (exact) mass is 355 g/mol. The molecule has 0 saturated carbocycles. The van der Waals surface area contributed by atoms with Crippen molar-refractivity contribution in [2.75, 3.05) is 7.11 Å². The number of hydrogen-bond acceptors (Lipinski definition) is 3. The molecule has 0 radical (unpaired) electrons. The van der Waals surface area contributed by atoms with Crippen molar-refractivity contribution in [1.82, 2.24) is 0 Å². The first-order chi connectivity index (χ1) is 10.6. The number of ether oxygens (including phenoxy) is 1. The predicted octanol–water partition coefficient (Wildman–Crippen LogP) is 4.84. The number of benzene rings is 1. The number of halogens is 6. The Bertz CT molecular complexity index is 678. The fraction of sp³-hybridized carbons (Fsp3) is 0.286. The normalized spacial score (nSPS) is 13.9. The van der Waals surface area contributed by atoms with E-state index in [0.29, 0.717) is 11.6 Å². The van der Waals surface area contributed by atoms with E-state index in [9.17, 15) is 26.3 Å². The van der Waals surface area contributed by atoms with Gasteiger partial charge in [-0.15, -0.1) is 0 Å². The highest BCUT2D eigenvalue weighted by molar-refractivity contribution is 7.08. The number of hydrogen-bond donors (Lipinski definition) is 1. The summed E-state index contributed by atoms with van der Waals surface area (Å²) in [5, 5.41) is 3.14. The minimum Gasteiger partial charge on any atom is -0.496 e. The lowest BCUT2D eigenvalue weighted by Crippen LogP contribution is -2.21. The highest BCUT2D eigenvalue weighted by atomic mass is 32.1. The predicted molar refractivity (Wildman–Crippen MR) is 73.3 cm³/mol. The third-order valence-electron chi connectivity index (χ3n) is 3.21. The molecule has 0 unspecified atom stereocenters. The Hall–Kier alpha value is -1.74. The highest BCUT2D eigenvalue weighted by Crippen LogP contribution is 2.44. The van der Waals surface area contributed by atoms with E-state index in [1.54, 1.807) is 5.38 Å². The minimum absolute atomic E-state index is 0.0596. The van der Waals surface area contributed by atoms with Crippen molar-refractivity contribution in [3.05, 3.63) is 51.2 Å². The largest absolute Gasteiger partial charge is 0.496 e. The summed E-state index contributed by atoms with van der Waals surface area (Å²) in [6.07, 6.45) is -9.93. The van der Waals surface area contributed by atoms with Crippen molar-refractivity contribution in [2.24, 2.45) is 5.73 Å². The molecule has 9 heteroatoms. The lowest BCUT2D eigenvalue weighted by molar-refractivity contribution is -0.143. The molecule has 0 aliphatic carbocycles. The molecule has 0 bridgehead atoms. The van der Waals surface area contributed by atoms with E-state index in [1.807, 2.05) is 0 Å². The molecule has 2 N–H and O–H groups in total. The van der Waals surface area contributed by atoms with Gasteiger partial charge in [-0.25, -0.2) is 0 Å². The maximum atomic E-state index is 13.3. The molecule has 0 saturated heterocycles. The third kappa shape index (κ3) is 3.61. The van der Waals surface area contributed by atoms with E-state index in [1.165, 1.54) is 22.8 Å². The average molecular weight is 355 g/mol. The van der Waals surface area contributed by atoms with Crippen LogP contribution in [0.15, 0.2) is 29.0 Å². The maximum absolute atomic E-state index is 13.3. The van der Waals surface area contributed by atoms with Crippen LogP contribution in [-0.4, -0.2) is 7.11 Å². The molecular formula is C14H11F6NOS. The van der Waals surface area contributed by atoms with Gasteiger partial charge >= 0.3 is 12.4 Å². The fourth-order valence-corrected chi connectivity index (χ4v) is 2.83. The van der Waals surface area contributed by atoms with Crippen LogP contribution in [0.3, 0.4) is 0 Å². The zero-order valence-electron chi connectivity index (χ0n) is 11.6. The molecule has 1 atom stereocenters. The van der Waals surface area contributed by atoms with Crippen molar-refractivity contribution >= 4 is 11.3 Å². The van der Waals surface area contributed by atoms with Crippen molar-refractivity contribution in [2.45, 2.75) is 18.4 Å². The summed E-state index contributed by atoms with van der Waals surface area (Å²) in [5.74, 6) is -0.550. The van der Waals surface area contributed by atoms with Gasteiger partial charge in [0, 0.05) is 5.56 Å². The van der Waals surface area contributed by atoms with Crippen LogP contribution in [0.4, 0.5) is 26.3 Å². The molecule has 1 heterocycles. The zero-order chi connectivity index (χ0) is 17.4. The van der Waals surface area contributed by atoms with Gasteiger partial charge in [0.25, 0.3) is 0 Å². The zero-order valence-corrected chi connectivity index (χ0v) is 12.4. The van der Waals surface area contributed by atoms with Gasteiger partial charge in [0.1, 0.15) is 5.75 Å². The van der Waals surface area contributed by atoms with Gasteiger partial charge < -0.3 is 10.5 Å². The van der Waals surface area contributed by atoms with Crippen LogP contribution in [0.1, 0.15) is 28.3 Å². The van der Waals surface area contributed by atoms with Gasteiger partial charge in [-0.2, -0.15) is 37.7 Å². The fourth-order valence-electron chi connectivity index (χ4n) is 2.13. The molecule has 1 aromatic heterocycles. The quantitative estimate of drug-likeness (QED) is 0.800. The second kappa shape index (κ2) is 6.04. The number of alkyl halides is 6. The van der Waals surface area contributed by atoms with Crippen LogP contribution in [0.5, 0.6) is 5.75 Å². The van der Waals surface area contributed by atoms with Crippen molar-refractivity contribution < 1.29 is 31.1 Å². The Labute approximate surface area is 131 Å². The molecule has 0 spiro atoms. The standard InChI is InChI=1S/C14H11F6NOS/c1-22-10-5-8(13(15,16)17)4-9(14(18,19)20)11(10)12(21)7-2-3-23-6-7/h2-6,12H,21H2,1H3/t12-/m1/s1.